The molecule has 0 unspecified atom stereocenters. The Bertz CT molecular complexity index is 352. The molecule has 1 aliphatic carbocycles. The molecule has 5 heteroatoms. The number of ether oxygens (including phenoxy) is 2. The number of rotatable bonds is 5. The average molecular weight is 223 g/mol. The van der Waals surface area contributed by atoms with E-state index in [9.17, 15) is 0 Å². The van der Waals surface area contributed by atoms with Crippen molar-refractivity contribution in [2.24, 2.45) is 5.73 Å². The van der Waals surface area contributed by atoms with Gasteiger partial charge in [0, 0.05) is 5.92 Å². The Kier molecular flexibility index (Phi) is 3.24. The van der Waals surface area contributed by atoms with Gasteiger partial charge in [-0.05, 0) is 25.8 Å². The molecule has 88 valence electrons. The maximum Gasteiger partial charge on any atom is 0.223 e. The number of aromatic nitrogens is 2. The van der Waals surface area contributed by atoms with Crippen molar-refractivity contribution in [1.82, 2.24) is 9.97 Å². The molecule has 0 atom stereocenters. The minimum absolute atomic E-state index is 0.481. The van der Waals surface area contributed by atoms with Crippen molar-refractivity contribution in [3.63, 3.8) is 0 Å². The Morgan fingerprint density at radius 3 is 2.12 bits per heavy atom. The van der Waals surface area contributed by atoms with Crippen LogP contribution < -0.4 is 15.2 Å². The molecule has 16 heavy (non-hydrogen) atoms. The molecule has 2 N–H and O–H groups in total. The van der Waals surface area contributed by atoms with Gasteiger partial charge < -0.3 is 15.2 Å². The molecule has 1 saturated carbocycles. The molecule has 0 aliphatic heterocycles. The smallest absolute Gasteiger partial charge is 0.223 e. The van der Waals surface area contributed by atoms with Crippen molar-refractivity contribution < 1.29 is 9.47 Å². The van der Waals surface area contributed by atoms with Crippen LogP contribution in [-0.4, -0.2) is 30.7 Å². The van der Waals surface area contributed by atoms with Crippen molar-refractivity contribution in [2.75, 3.05) is 20.8 Å². The Morgan fingerprint density at radius 2 is 1.75 bits per heavy atom. The monoisotopic (exact) mass is 223 g/mol. The van der Waals surface area contributed by atoms with Gasteiger partial charge >= 0.3 is 0 Å². The zero-order chi connectivity index (χ0) is 11.5. The van der Waals surface area contributed by atoms with Crippen LogP contribution in [-0.2, 0) is 6.42 Å². The van der Waals surface area contributed by atoms with Crippen molar-refractivity contribution in [2.45, 2.75) is 25.2 Å². The van der Waals surface area contributed by atoms with E-state index < -0.39 is 0 Å². The van der Waals surface area contributed by atoms with Crippen molar-refractivity contribution in [3.8, 4) is 11.8 Å². The SMILES string of the molecule is COc1nc(C2CC2)nc(OC)c1CCN. The minimum Gasteiger partial charge on any atom is -0.481 e. The molecule has 1 aromatic heterocycles. The molecule has 0 spiro atoms. The van der Waals surface area contributed by atoms with E-state index in [1.54, 1.807) is 14.2 Å². The summed E-state index contributed by atoms with van der Waals surface area (Å²) in [6, 6.07) is 0. The summed E-state index contributed by atoms with van der Waals surface area (Å²) in [6.45, 7) is 0.527. The van der Waals surface area contributed by atoms with Crippen LogP contribution in [0.2, 0.25) is 0 Å². The summed E-state index contributed by atoms with van der Waals surface area (Å²) in [7, 11) is 3.22. The minimum atomic E-state index is 0.481. The first-order valence-corrected chi connectivity index (χ1v) is 5.49. The second kappa shape index (κ2) is 4.65. The standard InChI is InChI=1S/C11H17N3O2/c1-15-10-8(5-6-12)11(16-2)14-9(13-10)7-3-4-7/h7H,3-6,12H2,1-2H3. The van der Waals surface area contributed by atoms with Gasteiger partial charge in [0.2, 0.25) is 11.8 Å². The Hall–Kier alpha value is -1.36. The van der Waals surface area contributed by atoms with Crippen molar-refractivity contribution in [1.29, 1.82) is 0 Å². The predicted octanol–water partition coefficient (Wildman–Crippen LogP) is 0.872. The quantitative estimate of drug-likeness (QED) is 0.802. The van der Waals surface area contributed by atoms with Crippen LogP contribution >= 0.6 is 0 Å². The maximum absolute atomic E-state index is 5.55. The first-order chi connectivity index (χ1) is 7.80. The lowest BCUT2D eigenvalue weighted by Gasteiger charge is -2.12. The topological polar surface area (TPSA) is 70.3 Å². The summed E-state index contributed by atoms with van der Waals surface area (Å²) in [5.41, 5.74) is 6.41. The normalized spacial score (nSPS) is 14.9. The summed E-state index contributed by atoms with van der Waals surface area (Å²) in [5.74, 6) is 2.50. The summed E-state index contributed by atoms with van der Waals surface area (Å²) >= 11 is 0. The average Bonchev–Trinajstić information content (AvgIpc) is 3.13. The molecular formula is C11H17N3O2. The fraction of sp³-hybridized carbons (Fsp3) is 0.636. The molecule has 2 rings (SSSR count). The lowest BCUT2D eigenvalue weighted by Crippen LogP contribution is -2.10. The number of methoxy groups -OCH3 is 2. The van der Waals surface area contributed by atoms with E-state index in [0.717, 1.165) is 24.2 Å². The largest absolute Gasteiger partial charge is 0.481 e. The van der Waals surface area contributed by atoms with Gasteiger partial charge in [0.25, 0.3) is 0 Å². The Balaban J connectivity index is 2.40. The van der Waals surface area contributed by atoms with Crippen LogP contribution in [0.25, 0.3) is 0 Å². The first kappa shape index (κ1) is 11.1. The summed E-state index contributed by atoms with van der Waals surface area (Å²) in [5, 5.41) is 0. The third-order valence-electron chi connectivity index (χ3n) is 2.67. The van der Waals surface area contributed by atoms with Crippen molar-refractivity contribution in [3.05, 3.63) is 11.4 Å². The number of nitrogens with zero attached hydrogens (tertiary/aromatic N) is 2. The van der Waals surface area contributed by atoms with Crippen LogP contribution in [0.1, 0.15) is 30.1 Å². The molecule has 1 aliphatic rings. The third kappa shape index (κ3) is 2.09. The van der Waals surface area contributed by atoms with Gasteiger partial charge in [0.15, 0.2) is 0 Å². The molecule has 0 radical (unpaired) electrons. The van der Waals surface area contributed by atoms with Crippen LogP contribution in [0, 0.1) is 0 Å². The van der Waals surface area contributed by atoms with Gasteiger partial charge in [-0.3, -0.25) is 0 Å². The van der Waals surface area contributed by atoms with E-state index >= 15 is 0 Å². The highest BCUT2D eigenvalue weighted by Gasteiger charge is 2.29. The maximum atomic E-state index is 5.55. The molecule has 1 heterocycles. The van der Waals surface area contributed by atoms with E-state index in [4.69, 9.17) is 15.2 Å². The lowest BCUT2D eigenvalue weighted by atomic mass is 10.2. The third-order valence-corrected chi connectivity index (χ3v) is 2.67. The Morgan fingerprint density at radius 1 is 1.19 bits per heavy atom. The highest BCUT2D eigenvalue weighted by Crippen LogP contribution is 2.40. The fourth-order valence-electron chi connectivity index (χ4n) is 1.68. The molecular weight excluding hydrogens is 206 g/mol. The fourth-order valence-corrected chi connectivity index (χ4v) is 1.68. The van der Waals surface area contributed by atoms with Crippen LogP contribution in [0.5, 0.6) is 11.8 Å². The molecule has 5 nitrogen and oxygen atoms in total. The number of nitrogens with two attached hydrogens (primary N) is 1. The molecule has 0 aromatic carbocycles. The zero-order valence-electron chi connectivity index (χ0n) is 9.69. The highest BCUT2D eigenvalue weighted by atomic mass is 16.5. The second-order valence-corrected chi connectivity index (χ2v) is 3.89. The van der Waals surface area contributed by atoms with E-state index in [1.165, 1.54) is 0 Å². The first-order valence-electron chi connectivity index (χ1n) is 5.49. The molecule has 1 aromatic rings. The highest BCUT2D eigenvalue weighted by molar-refractivity contribution is 5.37. The summed E-state index contributed by atoms with van der Waals surface area (Å²) in [6.07, 6.45) is 2.97. The van der Waals surface area contributed by atoms with Gasteiger partial charge in [-0.1, -0.05) is 0 Å². The van der Waals surface area contributed by atoms with Crippen LogP contribution in [0.15, 0.2) is 0 Å². The Labute approximate surface area is 95.0 Å². The van der Waals surface area contributed by atoms with Crippen LogP contribution in [0.4, 0.5) is 0 Å². The molecule has 0 bridgehead atoms. The van der Waals surface area contributed by atoms with Gasteiger partial charge in [0.05, 0.1) is 19.8 Å². The van der Waals surface area contributed by atoms with E-state index in [-0.39, 0.29) is 0 Å². The van der Waals surface area contributed by atoms with E-state index in [1.807, 2.05) is 0 Å². The molecule has 0 saturated heterocycles. The van der Waals surface area contributed by atoms with Crippen molar-refractivity contribution >= 4 is 0 Å². The van der Waals surface area contributed by atoms with Gasteiger partial charge in [-0.2, -0.15) is 9.97 Å². The van der Waals surface area contributed by atoms with E-state index in [0.29, 0.717) is 30.6 Å². The molecule has 0 amide bonds. The second-order valence-electron chi connectivity index (χ2n) is 3.89. The van der Waals surface area contributed by atoms with E-state index in [2.05, 4.69) is 9.97 Å². The van der Waals surface area contributed by atoms with Crippen LogP contribution in [0.3, 0.4) is 0 Å². The summed E-state index contributed by atoms with van der Waals surface area (Å²) in [4.78, 5) is 8.82. The molecule has 1 fully saturated rings. The lowest BCUT2D eigenvalue weighted by molar-refractivity contribution is 0.359. The van der Waals surface area contributed by atoms with Gasteiger partial charge in [-0.15, -0.1) is 0 Å². The number of hydrogen-bond donors (Lipinski definition) is 1. The zero-order valence-corrected chi connectivity index (χ0v) is 9.69. The number of hydrogen-bond acceptors (Lipinski definition) is 5. The predicted molar refractivity (Wildman–Crippen MR) is 59.9 cm³/mol. The summed E-state index contributed by atoms with van der Waals surface area (Å²) < 4.78 is 10.5. The van der Waals surface area contributed by atoms with Gasteiger partial charge in [0.1, 0.15) is 5.82 Å². The van der Waals surface area contributed by atoms with Gasteiger partial charge in [-0.25, -0.2) is 0 Å².